The first kappa shape index (κ1) is 14.1. The molecule has 0 aliphatic heterocycles. The van der Waals surface area contributed by atoms with Gasteiger partial charge in [-0.15, -0.1) is 10.2 Å². The highest BCUT2D eigenvalue weighted by Gasteiger charge is 2.07. The highest BCUT2D eigenvalue weighted by molar-refractivity contribution is 5.95. The molecule has 0 bridgehead atoms. The molecule has 3 aromatic carbocycles. The van der Waals surface area contributed by atoms with E-state index in [1.807, 2.05) is 44.2 Å². The molecule has 0 radical (unpaired) electrons. The van der Waals surface area contributed by atoms with Crippen LogP contribution in [0.15, 0.2) is 58.8 Å². The Morgan fingerprint density at radius 2 is 1.50 bits per heavy atom. The average molecular weight is 292 g/mol. The van der Waals surface area contributed by atoms with E-state index in [-0.39, 0.29) is 11.5 Å². The predicted molar refractivity (Wildman–Crippen MR) is 87.4 cm³/mol. The molecule has 0 amide bonds. The largest absolute Gasteiger partial charge is 0.506 e. The summed E-state index contributed by atoms with van der Waals surface area (Å²) in [5.41, 5.74) is 2.80. The van der Waals surface area contributed by atoms with Crippen molar-refractivity contribution >= 4 is 22.1 Å². The SMILES string of the molecule is Cc1cc(O)c(N=Nc2c(O)ccc3ccccc23)cc1C. The van der Waals surface area contributed by atoms with Crippen molar-refractivity contribution in [1.82, 2.24) is 0 Å². The lowest BCUT2D eigenvalue weighted by Crippen LogP contribution is -1.80. The predicted octanol–water partition coefficient (Wildman–Crippen LogP) is 5.28. The second-order valence-corrected chi connectivity index (χ2v) is 5.28. The van der Waals surface area contributed by atoms with Gasteiger partial charge in [-0.1, -0.05) is 30.3 Å². The van der Waals surface area contributed by atoms with Gasteiger partial charge in [-0.25, -0.2) is 0 Å². The molecule has 110 valence electrons. The fourth-order valence-corrected chi connectivity index (χ4v) is 2.32. The number of phenols is 2. The Hall–Kier alpha value is -2.88. The first-order valence-corrected chi connectivity index (χ1v) is 6.99. The molecular weight excluding hydrogens is 276 g/mol. The van der Waals surface area contributed by atoms with Crippen LogP contribution < -0.4 is 0 Å². The van der Waals surface area contributed by atoms with Gasteiger partial charge in [0.1, 0.15) is 22.9 Å². The van der Waals surface area contributed by atoms with Gasteiger partial charge in [0.15, 0.2) is 0 Å². The second kappa shape index (κ2) is 5.48. The highest BCUT2D eigenvalue weighted by atomic mass is 16.3. The van der Waals surface area contributed by atoms with Gasteiger partial charge in [0.2, 0.25) is 0 Å². The number of benzene rings is 3. The van der Waals surface area contributed by atoms with Gasteiger partial charge in [0.25, 0.3) is 0 Å². The van der Waals surface area contributed by atoms with Crippen LogP contribution >= 0.6 is 0 Å². The number of fused-ring (bicyclic) bond motifs is 1. The van der Waals surface area contributed by atoms with Crippen molar-refractivity contribution < 1.29 is 10.2 Å². The van der Waals surface area contributed by atoms with Crippen LogP contribution in [-0.2, 0) is 0 Å². The lowest BCUT2D eigenvalue weighted by Gasteiger charge is -2.05. The Balaban J connectivity index is 2.10. The molecule has 2 N–H and O–H groups in total. The average Bonchev–Trinajstić information content (AvgIpc) is 2.51. The van der Waals surface area contributed by atoms with Gasteiger partial charge < -0.3 is 10.2 Å². The summed E-state index contributed by atoms with van der Waals surface area (Å²) in [4.78, 5) is 0. The minimum atomic E-state index is 0.0609. The van der Waals surface area contributed by atoms with Crippen molar-refractivity contribution in [2.24, 2.45) is 10.2 Å². The number of phenolic OH excluding ortho intramolecular Hbond substituents is 2. The quantitative estimate of drug-likeness (QED) is 0.631. The Labute approximate surface area is 128 Å². The normalized spacial score (nSPS) is 11.4. The number of hydrogen-bond donors (Lipinski definition) is 2. The zero-order valence-corrected chi connectivity index (χ0v) is 12.4. The standard InChI is InChI=1S/C18H16N2O2/c1-11-9-15(17(22)10-12(11)2)19-20-18-14-6-4-3-5-13(14)7-8-16(18)21/h3-10,21-22H,1-2H3. The zero-order valence-electron chi connectivity index (χ0n) is 12.4. The topological polar surface area (TPSA) is 65.2 Å². The van der Waals surface area contributed by atoms with Crippen LogP contribution in [0.3, 0.4) is 0 Å². The molecule has 0 saturated heterocycles. The Morgan fingerprint density at radius 3 is 2.32 bits per heavy atom. The molecule has 0 aromatic heterocycles. The Morgan fingerprint density at radius 1 is 0.773 bits per heavy atom. The van der Waals surface area contributed by atoms with E-state index >= 15 is 0 Å². The third kappa shape index (κ3) is 2.51. The van der Waals surface area contributed by atoms with Crippen LogP contribution in [0.1, 0.15) is 11.1 Å². The maximum absolute atomic E-state index is 10.0. The fraction of sp³-hybridized carbons (Fsp3) is 0.111. The molecule has 0 fully saturated rings. The summed E-state index contributed by atoms with van der Waals surface area (Å²) >= 11 is 0. The summed E-state index contributed by atoms with van der Waals surface area (Å²) in [6, 6.07) is 14.5. The van der Waals surface area contributed by atoms with E-state index in [1.165, 1.54) is 0 Å². The molecule has 22 heavy (non-hydrogen) atoms. The molecule has 4 heteroatoms. The van der Waals surface area contributed by atoms with Crippen molar-refractivity contribution in [3.63, 3.8) is 0 Å². The van der Waals surface area contributed by atoms with E-state index in [0.717, 1.165) is 21.9 Å². The minimum absolute atomic E-state index is 0.0609. The third-order valence-electron chi connectivity index (χ3n) is 3.73. The summed E-state index contributed by atoms with van der Waals surface area (Å²) in [5.74, 6) is 0.136. The maximum Gasteiger partial charge on any atom is 0.143 e. The van der Waals surface area contributed by atoms with Gasteiger partial charge in [-0.3, -0.25) is 0 Å². The number of nitrogens with zero attached hydrogens (tertiary/aromatic N) is 2. The summed E-state index contributed by atoms with van der Waals surface area (Å²) in [6.45, 7) is 3.87. The number of aromatic hydroxyl groups is 2. The van der Waals surface area contributed by atoms with Crippen molar-refractivity contribution in [3.05, 3.63) is 59.7 Å². The van der Waals surface area contributed by atoms with Crippen LogP contribution in [0.25, 0.3) is 10.8 Å². The van der Waals surface area contributed by atoms with Crippen molar-refractivity contribution in [3.8, 4) is 11.5 Å². The second-order valence-electron chi connectivity index (χ2n) is 5.28. The Bertz CT molecular complexity index is 886. The lowest BCUT2D eigenvalue weighted by molar-refractivity contribution is 0.474. The first-order chi connectivity index (χ1) is 10.6. The maximum atomic E-state index is 10.0. The van der Waals surface area contributed by atoms with E-state index in [1.54, 1.807) is 18.2 Å². The summed E-state index contributed by atoms with van der Waals surface area (Å²) in [7, 11) is 0. The number of aryl methyl sites for hydroxylation is 2. The van der Waals surface area contributed by atoms with Crippen LogP contribution in [-0.4, -0.2) is 10.2 Å². The first-order valence-electron chi connectivity index (χ1n) is 6.99. The monoisotopic (exact) mass is 292 g/mol. The van der Waals surface area contributed by atoms with Gasteiger partial charge in [0.05, 0.1) is 0 Å². The molecular formula is C18H16N2O2. The molecule has 0 aliphatic rings. The zero-order chi connectivity index (χ0) is 15.7. The number of rotatable bonds is 2. The molecule has 4 nitrogen and oxygen atoms in total. The van der Waals surface area contributed by atoms with E-state index in [4.69, 9.17) is 0 Å². The van der Waals surface area contributed by atoms with Crippen molar-refractivity contribution in [2.45, 2.75) is 13.8 Å². The number of azo groups is 1. The molecule has 3 aromatic rings. The van der Waals surface area contributed by atoms with Crippen LogP contribution in [0, 0.1) is 13.8 Å². The van der Waals surface area contributed by atoms with Crippen molar-refractivity contribution in [1.29, 1.82) is 0 Å². The smallest absolute Gasteiger partial charge is 0.143 e. The molecule has 0 atom stereocenters. The van der Waals surface area contributed by atoms with Crippen LogP contribution in [0.4, 0.5) is 11.4 Å². The summed E-state index contributed by atoms with van der Waals surface area (Å²) in [6.07, 6.45) is 0. The molecule has 0 spiro atoms. The third-order valence-corrected chi connectivity index (χ3v) is 3.73. The summed E-state index contributed by atoms with van der Waals surface area (Å²) < 4.78 is 0. The molecule has 3 rings (SSSR count). The van der Waals surface area contributed by atoms with E-state index in [2.05, 4.69) is 10.2 Å². The van der Waals surface area contributed by atoms with Gasteiger partial charge >= 0.3 is 0 Å². The van der Waals surface area contributed by atoms with E-state index < -0.39 is 0 Å². The lowest BCUT2D eigenvalue weighted by atomic mass is 10.1. The molecule has 0 heterocycles. The Kier molecular flexibility index (Phi) is 3.51. The van der Waals surface area contributed by atoms with Crippen molar-refractivity contribution in [2.75, 3.05) is 0 Å². The molecule has 0 unspecified atom stereocenters. The van der Waals surface area contributed by atoms with Gasteiger partial charge in [-0.05, 0) is 48.6 Å². The van der Waals surface area contributed by atoms with E-state index in [0.29, 0.717) is 11.4 Å². The highest BCUT2D eigenvalue weighted by Crippen LogP contribution is 2.37. The van der Waals surface area contributed by atoms with Crippen LogP contribution in [0.2, 0.25) is 0 Å². The van der Waals surface area contributed by atoms with Gasteiger partial charge in [0, 0.05) is 5.39 Å². The van der Waals surface area contributed by atoms with Crippen LogP contribution in [0.5, 0.6) is 11.5 Å². The molecule has 0 aliphatic carbocycles. The number of hydrogen-bond acceptors (Lipinski definition) is 4. The fourth-order valence-electron chi connectivity index (χ4n) is 2.32. The minimum Gasteiger partial charge on any atom is -0.506 e. The molecule has 0 saturated carbocycles. The summed E-state index contributed by atoms with van der Waals surface area (Å²) in [5, 5.41) is 30.0. The van der Waals surface area contributed by atoms with E-state index in [9.17, 15) is 10.2 Å². The van der Waals surface area contributed by atoms with Gasteiger partial charge in [-0.2, -0.15) is 0 Å².